The molecular formula is C12H15NO3. The van der Waals surface area contributed by atoms with Gasteiger partial charge in [0.15, 0.2) is 5.78 Å². The maximum Gasteiger partial charge on any atom is 0.305 e. The van der Waals surface area contributed by atoms with Crippen molar-refractivity contribution < 1.29 is 14.3 Å². The van der Waals surface area contributed by atoms with Crippen LogP contribution in [-0.2, 0) is 9.53 Å². The van der Waals surface area contributed by atoms with E-state index in [0.29, 0.717) is 5.56 Å². The van der Waals surface area contributed by atoms with Crippen LogP contribution in [0.15, 0.2) is 30.3 Å². The zero-order valence-electron chi connectivity index (χ0n) is 9.18. The lowest BCUT2D eigenvalue weighted by Crippen LogP contribution is -2.36. The Morgan fingerprint density at radius 1 is 1.31 bits per heavy atom. The molecular weight excluding hydrogens is 206 g/mol. The second-order valence-electron chi connectivity index (χ2n) is 3.37. The van der Waals surface area contributed by atoms with Crippen LogP contribution in [0.2, 0.25) is 0 Å². The number of hydrogen-bond donors (Lipinski definition) is 1. The van der Waals surface area contributed by atoms with Crippen LogP contribution in [0, 0.1) is 0 Å². The van der Waals surface area contributed by atoms with Gasteiger partial charge in [0.05, 0.1) is 0 Å². The van der Waals surface area contributed by atoms with Gasteiger partial charge in [-0.05, 0) is 0 Å². The molecule has 0 radical (unpaired) electrons. The molecule has 0 bridgehead atoms. The molecule has 0 heterocycles. The van der Waals surface area contributed by atoms with Crippen LogP contribution in [0.4, 0.5) is 0 Å². The molecule has 86 valence electrons. The van der Waals surface area contributed by atoms with Crippen molar-refractivity contribution >= 4 is 11.8 Å². The van der Waals surface area contributed by atoms with Crippen LogP contribution in [0.5, 0.6) is 0 Å². The standard InChI is InChI=1S/C12H15NO3/c1-2-11(14)16-8-10(13)12(15)9-6-4-3-5-7-9/h3-7,10H,2,8,13H2,1H3. The van der Waals surface area contributed by atoms with E-state index in [0.717, 1.165) is 0 Å². The number of rotatable bonds is 5. The van der Waals surface area contributed by atoms with E-state index >= 15 is 0 Å². The average molecular weight is 221 g/mol. The van der Waals surface area contributed by atoms with Gasteiger partial charge in [-0.3, -0.25) is 9.59 Å². The highest BCUT2D eigenvalue weighted by molar-refractivity contribution is 6.00. The molecule has 1 unspecified atom stereocenters. The van der Waals surface area contributed by atoms with Crippen LogP contribution >= 0.6 is 0 Å². The lowest BCUT2D eigenvalue weighted by molar-refractivity contribution is -0.143. The minimum atomic E-state index is -0.794. The molecule has 1 aromatic rings. The zero-order chi connectivity index (χ0) is 12.0. The monoisotopic (exact) mass is 221 g/mol. The van der Waals surface area contributed by atoms with Gasteiger partial charge in [-0.15, -0.1) is 0 Å². The number of nitrogens with two attached hydrogens (primary N) is 1. The largest absolute Gasteiger partial charge is 0.464 e. The van der Waals surface area contributed by atoms with Gasteiger partial charge in [0.25, 0.3) is 0 Å². The molecule has 1 atom stereocenters. The van der Waals surface area contributed by atoms with Gasteiger partial charge in [-0.1, -0.05) is 37.3 Å². The molecule has 0 spiro atoms. The van der Waals surface area contributed by atoms with Gasteiger partial charge < -0.3 is 10.5 Å². The number of ether oxygens (including phenoxy) is 1. The van der Waals surface area contributed by atoms with Gasteiger partial charge in [0, 0.05) is 12.0 Å². The van der Waals surface area contributed by atoms with E-state index < -0.39 is 6.04 Å². The number of Topliss-reactive ketones (excluding diaryl/α,β-unsaturated/α-hetero) is 1. The quantitative estimate of drug-likeness (QED) is 0.598. The molecule has 0 aromatic heterocycles. The third-order valence-corrected chi connectivity index (χ3v) is 2.11. The Balaban J connectivity index is 2.52. The zero-order valence-corrected chi connectivity index (χ0v) is 9.18. The Bertz CT molecular complexity index is 362. The van der Waals surface area contributed by atoms with Gasteiger partial charge in [0.1, 0.15) is 12.6 Å². The first-order chi connectivity index (χ1) is 7.65. The molecule has 0 fully saturated rings. The van der Waals surface area contributed by atoms with Crippen LogP contribution in [-0.4, -0.2) is 24.4 Å². The SMILES string of the molecule is CCC(=O)OCC(N)C(=O)c1ccccc1. The Hall–Kier alpha value is -1.68. The molecule has 4 heteroatoms. The maximum absolute atomic E-state index is 11.7. The summed E-state index contributed by atoms with van der Waals surface area (Å²) in [5.41, 5.74) is 6.16. The summed E-state index contributed by atoms with van der Waals surface area (Å²) in [6.07, 6.45) is 0.284. The fourth-order valence-electron chi connectivity index (χ4n) is 1.18. The van der Waals surface area contributed by atoms with Gasteiger partial charge in [-0.2, -0.15) is 0 Å². The first-order valence-corrected chi connectivity index (χ1v) is 5.15. The van der Waals surface area contributed by atoms with Crippen molar-refractivity contribution in [3.63, 3.8) is 0 Å². The topological polar surface area (TPSA) is 69.4 Å². The Kier molecular flexibility index (Phi) is 4.66. The fraction of sp³-hybridized carbons (Fsp3) is 0.333. The summed E-state index contributed by atoms with van der Waals surface area (Å²) >= 11 is 0. The predicted molar refractivity (Wildman–Crippen MR) is 60.0 cm³/mol. The van der Waals surface area contributed by atoms with Crippen molar-refractivity contribution in [1.29, 1.82) is 0 Å². The van der Waals surface area contributed by atoms with E-state index in [1.807, 2.05) is 6.07 Å². The minimum Gasteiger partial charge on any atom is -0.464 e. The molecule has 0 aliphatic heterocycles. The lowest BCUT2D eigenvalue weighted by atomic mass is 10.1. The van der Waals surface area contributed by atoms with E-state index in [1.54, 1.807) is 31.2 Å². The van der Waals surface area contributed by atoms with Crippen molar-refractivity contribution in [3.05, 3.63) is 35.9 Å². The van der Waals surface area contributed by atoms with Crippen molar-refractivity contribution in [2.24, 2.45) is 5.73 Å². The molecule has 1 rings (SSSR count). The number of carbonyl (C=O) groups excluding carboxylic acids is 2. The summed E-state index contributed by atoms with van der Waals surface area (Å²) < 4.78 is 4.81. The number of hydrogen-bond acceptors (Lipinski definition) is 4. The first-order valence-electron chi connectivity index (χ1n) is 5.15. The first kappa shape index (κ1) is 12.4. The molecule has 0 amide bonds. The van der Waals surface area contributed by atoms with Crippen LogP contribution < -0.4 is 5.73 Å². The summed E-state index contributed by atoms with van der Waals surface area (Å²) in [6, 6.07) is 7.92. The molecule has 2 N–H and O–H groups in total. The third kappa shape index (κ3) is 3.47. The molecule has 0 saturated heterocycles. The fourth-order valence-corrected chi connectivity index (χ4v) is 1.18. The van der Waals surface area contributed by atoms with E-state index in [4.69, 9.17) is 10.5 Å². The molecule has 0 saturated carbocycles. The minimum absolute atomic E-state index is 0.0690. The van der Waals surface area contributed by atoms with Crippen LogP contribution in [0.1, 0.15) is 23.7 Å². The van der Waals surface area contributed by atoms with Crippen LogP contribution in [0.25, 0.3) is 0 Å². The van der Waals surface area contributed by atoms with Crippen molar-refractivity contribution in [2.75, 3.05) is 6.61 Å². The second-order valence-corrected chi connectivity index (χ2v) is 3.37. The summed E-state index contributed by atoms with van der Waals surface area (Å²) in [4.78, 5) is 22.6. The van der Waals surface area contributed by atoms with E-state index in [2.05, 4.69) is 0 Å². The van der Waals surface area contributed by atoms with E-state index in [9.17, 15) is 9.59 Å². The number of ketones is 1. The molecule has 1 aromatic carbocycles. The number of carbonyl (C=O) groups is 2. The molecule has 0 aliphatic carbocycles. The Morgan fingerprint density at radius 2 is 1.94 bits per heavy atom. The number of esters is 1. The number of benzene rings is 1. The molecule has 16 heavy (non-hydrogen) atoms. The Morgan fingerprint density at radius 3 is 2.50 bits per heavy atom. The van der Waals surface area contributed by atoms with E-state index in [1.165, 1.54) is 0 Å². The maximum atomic E-state index is 11.7. The third-order valence-electron chi connectivity index (χ3n) is 2.11. The summed E-state index contributed by atoms with van der Waals surface area (Å²) in [6.45, 7) is 1.62. The van der Waals surface area contributed by atoms with Crippen molar-refractivity contribution in [1.82, 2.24) is 0 Å². The van der Waals surface area contributed by atoms with Crippen LogP contribution in [0.3, 0.4) is 0 Å². The second kappa shape index (κ2) is 6.02. The predicted octanol–water partition coefficient (Wildman–Crippen LogP) is 1.15. The van der Waals surface area contributed by atoms with Crippen molar-refractivity contribution in [2.45, 2.75) is 19.4 Å². The van der Waals surface area contributed by atoms with Gasteiger partial charge in [0.2, 0.25) is 0 Å². The smallest absolute Gasteiger partial charge is 0.305 e. The summed E-state index contributed by atoms with van der Waals surface area (Å²) in [5, 5.41) is 0. The normalized spacial score (nSPS) is 11.9. The highest BCUT2D eigenvalue weighted by Gasteiger charge is 2.16. The summed E-state index contributed by atoms with van der Waals surface area (Å²) in [5.74, 6) is -0.569. The highest BCUT2D eigenvalue weighted by atomic mass is 16.5. The lowest BCUT2D eigenvalue weighted by Gasteiger charge is -2.10. The van der Waals surface area contributed by atoms with Gasteiger partial charge >= 0.3 is 5.97 Å². The summed E-state index contributed by atoms with van der Waals surface area (Å²) in [7, 11) is 0. The average Bonchev–Trinajstić information content (AvgIpc) is 2.35. The molecule has 0 aliphatic rings. The van der Waals surface area contributed by atoms with E-state index in [-0.39, 0.29) is 24.8 Å². The van der Waals surface area contributed by atoms with Crippen molar-refractivity contribution in [3.8, 4) is 0 Å². The van der Waals surface area contributed by atoms with Gasteiger partial charge in [-0.25, -0.2) is 0 Å². The highest BCUT2D eigenvalue weighted by Crippen LogP contribution is 2.02. The Labute approximate surface area is 94.4 Å². The molecule has 4 nitrogen and oxygen atoms in total.